The molecular weight excluding hydrogens is 246 g/mol. The molecule has 1 saturated heterocycles. The fraction of sp³-hybridized carbons (Fsp3) is 0.556. The number of phenols is 1. The molecule has 2 aliphatic rings. The third-order valence-corrected chi connectivity index (χ3v) is 5.58. The number of aromatic hydroxyl groups is 1. The Balaban J connectivity index is 2.15. The zero-order valence-electron chi connectivity index (χ0n) is 12.8. The molecule has 2 bridgehead atoms. The highest BCUT2D eigenvalue weighted by atomic mass is 16.3. The summed E-state index contributed by atoms with van der Waals surface area (Å²) in [6, 6.07) is 6.49. The molecule has 1 N–H and O–H groups in total. The van der Waals surface area contributed by atoms with Crippen molar-refractivity contribution in [3.8, 4) is 5.75 Å². The molecular formula is C18H25NO. The highest BCUT2D eigenvalue weighted by Crippen LogP contribution is 2.52. The van der Waals surface area contributed by atoms with E-state index in [4.69, 9.17) is 0 Å². The van der Waals surface area contributed by atoms with Crippen LogP contribution >= 0.6 is 0 Å². The molecule has 1 aromatic rings. The number of likely N-dealkylation sites (tertiary alicyclic amines) is 1. The summed E-state index contributed by atoms with van der Waals surface area (Å²) in [5.41, 5.74) is 3.08. The molecule has 0 radical (unpaired) electrons. The van der Waals surface area contributed by atoms with E-state index in [-0.39, 0.29) is 10.8 Å². The van der Waals surface area contributed by atoms with Gasteiger partial charge in [0.1, 0.15) is 5.75 Å². The van der Waals surface area contributed by atoms with Gasteiger partial charge in [0.15, 0.2) is 0 Å². The van der Waals surface area contributed by atoms with Crippen LogP contribution in [0.1, 0.15) is 44.7 Å². The van der Waals surface area contributed by atoms with Gasteiger partial charge in [0.25, 0.3) is 0 Å². The molecule has 2 unspecified atom stereocenters. The molecule has 0 amide bonds. The minimum atomic E-state index is 0.0665. The van der Waals surface area contributed by atoms with Gasteiger partial charge in [-0.15, -0.1) is 6.58 Å². The van der Waals surface area contributed by atoms with Crippen LogP contribution in [0.5, 0.6) is 5.75 Å². The average molecular weight is 271 g/mol. The van der Waals surface area contributed by atoms with E-state index in [9.17, 15) is 5.11 Å². The Bertz CT molecular complexity index is 548. The minimum absolute atomic E-state index is 0.0665. The highest BCUT2D eigenvalue weighted by molar-refractivity contribution is 5.47. The molecule has 0 saturated carbocycles. The highest BCUT2D eigenvalue weighted by Gasteiger charge is 2.50. The number of hydrogen-bond donors (Lipinski definition) is 1. The monoisotopic (exact) mass is 271 g/mol. The van der Waals surface area contributed by atoms with Gasteiger partial charge in [0.05, 0.1) is 0 Å². The van der Waals surface area contributed by atoms with Crippen LogP contribution in [0.25, 0.3) is 0 Å². The van der Waals surface area contributed by atoms with E-state index in [0.29, 0.717) is 11.8 Å². The van der Waals surface area contributed by atoms with Crippen molar-refractivity contribution >= 4 is 0 Å². The Morgan fingerprint density at radius 3 is 2.80 bits per heavy atom. The van der Waals surface area contributed by atoms with Gasteiger partial charge in [-0.2, -0.15) is 0 Å². The zero-order chi connectivity index (χ0) is 14.5. The van der Waals surface area contributed by atoms with Crippen molar-refractivity contribution in [1.82, 2.24) is 4.90 Å². The van der Waals surface area contributed by atoms with Crippen molar-refractivity contribution in [2.45, 2.75) is 50.5 Å². The smallest absolute Gasteiger partial charge is 0.115 e. The van der Waals surface area contributed by atoms with E-state index in [1.54, 1.807) is 0 Å². The first-order chi connectivity index (χ1) is 9.38. The minimum Gasteiger partial charge on any atom is -0.508 e. The van der Waals surface area contributed by atoms with Crippen molar-refractivity contribution in [3.63, 3.8) is 0 Å². The Kier molecular flexibility index (Phi) is 2.98. The largest absolute Gasteiger partial charge is 0.508 e. The maximum atomic E-state index is 9.91. The number of phenolic OH excluding ortho intramolecular Hbond substituents is 1. The standard InChI is InChI=1S/C18H25NO/c1-5-9-19-10-8-18(4)12-16(19)17(2,3)15-11-13(20)6-7-14(15)18/h5-7,11,16,20H,1,8-10,12H2,2-4H3. The van der Waals surface area contributed by atoms with E-state index in [1.165, 1.54) is 24.0 Å². The summed E-state index contributed by atoms with van der Waals surface area (Å²) >= 11 is 0. The quantitative estimate of drug-likeness (QED) is 0.831. The normalized spacial score (nSPS) is 31.6. The van der Waals surface area contributed by atoms with Crippen LogP contribution in [0.2, 0.25) is 0 Å². The molecule has 1 aromatic carbocycles. The van der Waals surface area contributed by atoms with E-state index >= 15 is 0 Å². The summed E-state index contributed by atoms with van der Waals surface area (Å²) in [6.45, 7) is 13.0. The molecule has 0 aromatic heterocycles. The summed E-state index contributed by atoms with van der Waals surface area (Å²) in [4.78, 5) is 2.56. The molecule has 1 aliphatic heterocycles. The zero-order valence-corrected chi connectivity index (χ0v) is 12.8. The molecule has 1 heterocycles. The first kappa shape index (κ1) is 13.7. The first-order valence-corrected chi connectivity index (χ1v) is 7.57. The lowest BCUT2D eigenvalue weighted by Crippen LogP contribution is -2.59. The average Bonchev–Trinajstić information content (AvgIpc) is 2.40. The van der Waals surface area contributed by atoms with Crippen LogP contribution in [0.3, 0.4) is 0 Å². The predicted molar refractivity (Wildman–Crippen MR) is 83.3 cm³/mol. The van der Waals surface area contributed by atoms with E-state index in [1.807, 2.05) is 18.2 Å². The number of benzene rings is 1. The van der Waals surface area contributed by atoms with Gasteiger partial charge in [-0.3, -0.25) is 4.90 Å². The third kappa shape index (κ3) is 1.81. The molecule has 3 rings (SSSR count). The maximum Gasteiger partial charge on any atom is 0.115 e. The van der Waals surface area contributed by atoms with E-state index < -0.39 is 0 Å². The summed E-state index contributed by atoms with van der Waals surface area (Å²) < 4.78 is 0. The molecule has 108 valence electrons. The Hall–Kier alpha value is -1.28. The van der Waals surface area contributed by atoms with Crippen LogP contribution in [0.4, 0.5) is 0 Å². The summed E-state index contributed by atoms with van der Waals surface area (Å²) in [5, 5.41) is 9.91. The molecule has 2 atom stereocenters. The third-order valence-electron chi connectivity index (χ3n) is 5.58. The van der Waals surface area contributed by atoms with Crippen molar-refractivity contribution in [1.29, 1.82) is 0 Å². The second kappa shape index (κ2) is 4.36. The number of fused-ring (bicyclic) bond motifs is 4. The number of rotatable bonds is 2. The van der Waals surface area contributed by atoms with Gasteiger partial charge in [-0.25, -0.2) is 0 Å². The maximum absolute atomic E-state index is 9.91. The van der Waals surface area contributed by atoms with Crippen LogP contribution in [0, 0.1) is 0 Å². The molecule has 2 heteroatoms. The van der Waals surface area contributed by atoms with Crippen LogP contribution in [0.15, 0.2) is 30.9 Å². The SMILES string of the molecule is C=CCN1CCC2(C)CC1C(C)(C)c1cc(O)ccc12. The van der Waals surface area contributed by atoms with E-state index in [2.05, 4.69) is 38.3 Å². The van der Waals surface area contributed by atoms with Crippen LogP contribution in [-0.2, 0) is 10.8 Å². The fourth-order valence-electron chi connectivity index (χ4n) is 4.32. The molecule has 0 spiro atoms. The van der Waals surface area contributed by atoms with Gasteiger partial charge in [-0.1, -0.05) is 32.9 Å². The van der Waals surface area contributed by atoms with E-state index in [0.717, 1.165) is 13.1 Å². The second-order valence-electron chi connectivity index (χ2n) is 7.27. The molecule has 20 heavy (non-hydrogen) atoms. The molecule has 1 aliphatic carbocycles. The van der Waals surface area contributed by atoms with Gasteiger partial charge in [0, 0.05) is 18.0 Å². The van der Waals surface area contributed by atoms with Crippen LogP contribution in [-0.4, -0.2) is 29.1 Å². The summed E-state index contributed by atoms with van der Waals surface area (Å²) in [7, 11) is 0. The number of nitrogens with zero attached hydrogens (tertiary/aromatic N) is 1. The van der Waals surface area contributed by atoms with Gasteiger partial charge in [-0.05, 0) is 48.1 Å². The lowest BCUT2D eigenvalue weighted by Gasteiger charge is -2.56. The van der Waals surface area contributed by atoms with Crippen LogP contribution < -0.4 is 0 Å². The lowest BCUT2D eigenvalue weighted by molar-refractivity contribution is 0.0479. The van der Waals surface area contributed by atoms with Crippen molar-refractivity contribution in [3.05, 3.63) is 42.0 Å². The van der Waals surface area contributed by atoms with Gasteiger partial charge >= 0.3 is 0 Å². The first-order valence-electron chi connectivity index (χ1n) is 7.57. The second-order valence-corrected chi connectivity index (χ2v) is 7.27. The fourth-order valence-corrected chi connectivity index (χ4v) is 4.32. The number of hydrogen-bond acceptors (Lipinski definition) is 2. The van der Waals surface area contributed by atoms with Crippen molar-refractivity contribution in [2.24, 2.45) is 0 Å². The van der Waals surface area contributed by atoms with Gasteiger partial charge in [0.2, 0.25) is 0 Å². The lowest BCUT2D eigenvalue weighted by atomic mass is 9.56. The molecule has 1 fully saturated rings. The number of piperidine rings is 1. The summed E-state index contributed by atoms with van der Waals surface area (Å²) in [5.74, 6) is 0.385. The molecule has 2 nitrogen and oxygen atoms in total. The summed E-state index contributed by atoms with van der Waals surface area (Å²) in [6.07, 6.45) is 4.40. The van der Waals surface area contributed by atoms with Gasteiger partial charge < -0.3 is 5.11 Å². The van der Waals surface area contributed by atoms with Crippen molar-refractivity contribution < 1.29 is 5.11 Å². The Morgan fingerprint density at radius 2 is 2.10 bits per heavy atom. The topological polar surface area (TPSA) is 23.5 Å². The Morgan fingerprint density at radius 1 is 1.35 bits per heavy atom. The Labute approximate surface area is 122 Å². The van der Waals surface area contributed by atoms with Crippen molar-refractivity contribution in [2.75, 3.05) is 13.1 Å². The predicted octanol–water partition coefficient (Wildman–Crippen LogP) is 3.59.